The van der Waals surface area contributed by atoms with Crippen LogP contribution < -0.4 is 0 Å². The van der Waals surface area contributed by atoms with Gasteiger partial charge < -0.3 is 9.40 Å². The zero-order valence-electron chi connectivity index (χ0n) is 23.0. The van der Waals surface area contributed by atoms with Gasteiger partial charge in [-0.25, -0.2) is 4.79 Å². The van der Waals surface area contributed by atoms with Crippen LogP contribution in [0.2, 0.25) is 0 Å². The number of ketones is 2. The summed E-state index contributed by atoms with van der Waals surface area (Å²) in [6.07, 6.45) is 6.54. The molecular weight excluding hydrogens is 556 g/mol. The number of carbonyl (C=O) groups excluding carboxylic acids is 3. The molecule has 41 heavy (non-hydrogen) atoms. The number of fused-ring (bicyclic) bond motifs is 3. The molecule has 6 nitrogen and oxygen atoms in total. The number of hydrogen-bond donors (Lipinski definition) is 0. The van der Waals surface area contributed by atoms with Gasteiger partial charge in [-0.05, 0) is 62.2 Å². The number of halogens is 1. The lowest BCUT2D eigenvalue weighted by Gasteiger charge is -2.11. The molecule has 4 aromatic rings. The summed E-state index contributed by atoms with van der Waals surface area (Å²) >= 11 is 7.56. The first kappa shape index (κ1) is 28.6. The largest absolute Gasteiger partial charge is 0.341 e. The fraction of sp³-hybridized carbons (Fsp3) is 0.212. The van der Waals surface area contributed by atoms with E-state index in [0.29, 0.717) is 23.1 Å². The van der Waals surface area contributed by atoms with Crippen LogP contribution in [0.3, 0.4) is 0 Å². The van der Waals surface area contributed by atoms with Gasteiger partial charge in [-0.2, -0.15) is 0 Å². The molecule has 208 valence electrons. The molecule has 0 saturated heterocycles. The standard InChI is InChI=1S/C33H29ClN2O4S/c1-4-36-30-15-9-22(32(38)26-8-6-5-7-20(26)2)17-27(30)28-18-23(10-16-31(28)36)33(39)29(35-40-21(3)37)19-41-25-13-11-24(34)12-14-25/h5-11,13-18,24H,4,12,19H2,1-3H3/b35-29+. The van der Waals surface area contributed by atoms with Crippen molar-refractivity contribution >= 4 is 68.4 Å². The Morgan fingerprint density at radius 1 is 1.02 bits per heavy atom. The SMILES string of the molecule is CCn1c2ccc(C(=O)/C(CSC3=CCC(Cl)C=C3)=N/OC(C)=O)cc2c2cc(C(=O)c3ccccc3C)ccc21. The van der Waals surface area contributed by atoms with Crippen molar-refractivity contribution in [1.29, 1.82) is 0 Å². The van der Waals surface area contributed by atoms with Crippen molar-refractivity contribution in [2.24, 2.45) is 5.16 Å². The number of oxime groups is 1. The van der Waals surface area contributed by atoms with Gasteiger partial charge in [-0.3, -0.25) is 9.59 Å². The van der Waals surface area contributed by atoms with Crippen LogP contribution in [0, 0.1) is 6.92 Å². The summed E-state index contributed by atoms with van der Waals surface area (Å²) in [4.78, 5) is 44.4. The van der Waals surface area contributed by atoms with Gasteiger partial charge in [0.05, 0.1) is 5.38 Å². The maximum atomic E-state index is 13.7. The lowest BCUT2D eigenvalue weighted by Crippen LogP contribution is -2.18. The molecule has 1 aliphatic rings. The molecule has 3 aromatic carbocycles. The average molecular weight is 585 g/mol. The van der Waals surface area contributed by atoms with Gasteiger partial charge in [0.25, 0.3) is 0 Å². The van der Waals surface area contributed by atoms with Gasteiger partial charge in [-0.15, -0.1) is 23.4 Å². The molecule has 8 heteroatoms. The smallest absolute Gasteiger partial charge is 0.331 e. The average Bonchev–Trinajstić information content (AvgIpc) is 3.29. The highest BCUT2D eigenvalue weighted by Crippen LogP contribution is 2.32. The predicted octanol–water partition coefficient (Wildman–Crippen LogP) is 7.64. The second-order valence-electron chi connectivity index (χ2n) is 9.81. The van der Waals surface area contributed by atoms with E-state index < -0.39 is 5.97 Å². The molecule has 0 spiro atoms. The number of aromatic nitrogens is 1. The van der Waals surface area contributed by atoms with Crippen LogP contribution in [0.15, 0.2) is 89.0 Å². The minimum absolute atomic E-state index is 0.0420. The zero-order chi connectivity index (χ0) is 29.1. The third kappa shape index (κ3) is 6.06. The number of benzene rings is 3. The monoisotopic (exact) mass is 584 g/mol. The van der Waals surface area contributed by atoms with E-state index >= 15 is 0 Å². The van der Waals surface area contributed by atoms with Crippen LogP contribution in [0.25, 0.3) is 21.8 Å². The van der Waals surface area contributed by atoms with E-state index in [0.717, 1.165) is 38.8 Å². The Balaban J connectivity index is 1.53. The summed E-state index contributed by atoms with van der Waals surface area (Å²) in [5, 5.41) is 5.61. The van der Waals surface area contributed by atoms with Crippen LogP contribution in [0.1, 0.15) is 52.1 Å². The van der Waals surface area contributed by atoms with E-state index in [-0.39, 0.29) is 28.4 Å². The number of allylic oxidation sites excluding steroid dienone is 3. The van der Waals surface area contributed by atoms with E-state index in [4.69, 9.17) is 16.4 Å². The zero-order valence-corrected chi connectivity index (χ0v) is 24.6. The Labute approximate surface area is 247 Å². The molecule has 0 N–H and O–H groups in total. The van der Waals surface area contributed by atoms with Crippen LogP contribution in [-0.4, -0.2) is 38.9 Å². The van der Waals surface area contributed by atoms with Crippen molar-refractivity contribution in [3.8, 4) is 0 Å². The van der Waals surface area contributed by atoms with Gasteiger partial charge in [0.15, 0.2) is 5.78 Å². The quantitative estimate of drug-likeness (QED) is 0.0664. The lowest BCUT2D eigenvalue weighted by atomic mass is 9.97. The van der Waals surface area contributed by atoms with Gasteiger partial charge >= 0.3 is 5.97 Å². The topological polar surface area (TPSA) is 77.7 Å². The van der Waals surface area contributed by atoms with Crippen molar-refractivity contribution < 1.29 is 19.2 Å². The molecule has 1 atom stereocenters. The molecule has 5 rings (SSSR count). The highest BCUT2D eigenvalue weighted by Gasteiger charge is 2.21. The summed E-state index contributed by atoms with van der Waals surface area (Å²) in [6.45, 7) is 5.95. The van der Waals surface area contributed by atoms with Gasteiger partial charge in [0, 0.05) is 62.6 Å². The number of hydrogen-bond acceptors (Lipinski definition) is 6. The van der Waals surface area contributed by atoms with Gasteiger partial charge in [0.1, 0.15) is 5.71 Å². The first-order valence-corrected chi connectivity index (χ1v) is 14.8. The summed E-state index contributed by atoms with van der Waals surface area (Å²) in [6, 6.07) is 18.8. The molecule has 0 bridgehead atoms. The number of nitrogens with zero attached hydrogens (tertiary/aromatic N) is 2. The molecule has 0 saturated carbocycles. The Morgan fingerprint density at radius 3 is 2.34 bits per heavy atom. The van der Waals surface area contributed by atoms with Crippen molar-refractivity contribution in [3.63, 3.8) is 0 Å². The highest BCUT2D eigenvalue weighted by molar-refractivity contribution is 8.04. The fourth-order valence-corrected chi connectivity index (χ4v) is 6.00. The Bertz CT molecular complexity index is 1780. The predicted molar refractivity (Wildman–Crippen MR) is 167 cm³/mol. The number of rotatable bonds is 9. The molecule has 1 unspecified atom stereocenters. The summed E-state index contributed by atoms with van der Waals surface area (Å²) in [5.41, 5.74) is 4.65. The lowest BCUT2D eigenvalue weighted by molar-refractivity contribution is -0.140. The Hall–Kier alpha value is -3.94. The number of alkyl halides is 1. The summed E-state index contributed by atoms with van der Waals surface area (Å²) < 4.78 is 2.16. The maximum Gasteiger partial charge on any atom is 0.331 e. The first-order chi connectivity index (χ1) is 19.8. The third-order valence-electron chi connectivity index (χ3n) is 7.03. The van der Waals surface area contributed by atoms with E-state index in [1.165, 1.54) is 18.7 Å². The normalized spacial score (nSPS) is 15.3. The molecule has 1 aromatic heterocycles. The van der Waals surface area contributed by atoms with Crippen molar-refractivity contribution in [3.05, 3.63) is 106 Å². The molecule has 0 fully saturated rings. The maximum absolute atomic E-state index is 13.7. The molecular formula is C33H29ClN2O4S. The van der Waals surface area contributed by atoms with Gasteiger partial charge in [0.2, 0.25) is 5.78 Å². The van der Waals surface area contributed by atoms with Crippen molar-refractivity contribution in [2.75, 3.05) is 5.75 Å². The molecule has 1 aliphatic carbocycles. The second-order valence-corrected chi connectivity index (χ2v) is 11.4. The Morgan fingerprint density at radius 2 is 1.71 bits per heavy atom. The van der Waals surface area contributed by atoms with Crippen LogP contribution in [0.4, 0.5) is 0 Å². The van der Waals surface area contributed by atoms with E-state index in [9.17, 15) is 14.4 Å². The van der Waals surface area contributed by atoms with Crippen molar-refractivity contribution in [2.45, 2.75) is 39.1 Å². The van der Waals surface area contributed by atoms with Crippen LogP contribution in [0.5, 0.6) is 0 Å². The summed E-state index contributed by atoms with van der Waals surface area (Å²) in [7, 11) is 0. The van der Waals surface area contributed by atoms with E-state index in [2.05, 4.69) is 16.6 Å². The number of aryl methyl sites for hydroxylation is 2. The minimum Gasteiger partial charge on any atom is -0.341 e. The van der Waals surface area contributed by atoms with E-state index in [1.54, 1.807) is 6.07 Å². The molecule has 1 heterocycles. The minimum atomic E-state index is -0.602. The molecule has 0 aliphatic heterocycles. The van der Waals surface area contributed by atoms with Crippen molar-refractivity contribution in [1.82, 2.24) is 4.57 Å². The number of carbonyl (C=O) groups is 3. The fourth-order valence-electron chi connectivity index (χ4n) is 4.96. The van der Waals surface area contributed by atoms with E-state index in [1.807, 2.05) is 79.7 Å². The first-order valence-electron chi connectivity index (χ1n) is 13.4. The van der Waals surface area contributed by atoms with Crippen LogP contribution >= 0.6 is 23.4 Å². The number of thioether (sulfide) groups is 1. The Kier molecular flexibility index (Phi) is 8.57. The van der Waals surface area contributed by atoms with Gasteiger partial charge in [-0.1, -0.05) is 47.6 Å². The summed E-state index contributed by atoms with van der Waals surface area (Å²) in [5.74, 6) is -0.761. The number of Topliss-reactive ketones (excluding diaryl/α,β-unsaturated/α-hetero) is 1. The van der Waals surface area contributed by atoms with Crippen LogP contribution in [-0.2, 0) is 16.2 Å². The molecule has 0 amide bonds. The third-order valence-corrected chi connectivity index (χ3v) is 8.41. The second kappa shape index (κ2) is 12.3. The highest BCUT2D eigenvalue weighted by atomic mass is 35.5. The molecule has 0 radical (unpaired) electrons.